The summed E-state index contributed by atoms with van der Waals surface area (Å²) in [6.45, 7) is 1.26. The van der Waals surface area contributed by atoms with Crippen LogP contribution in [0.3, 0.4) is 0 Å². The van der Waals surface area contributed by atoms with Gasteiger partial charge in [0.15, 0.2) is 9.84 Å². The summed E-state index contributed by atoms with van der Waals surface area (Å²) in [6.07, 6.45) is 1.56. The number of hydrogen-bond acceptors (Lipinski definition) is 5. The third kappa shape index (κ3) is 2.65. The first-order valence-corrected chi connectivity index (χ1v) is 8.26. The summed E-state index contributed by atoms with van der Waals surface area (Å²) in [6, 6.07) is 2.46. The number of aromatic hydroxyl groups is 1. The molecule has 0 bridgehead atoms. The normalized spacial score (nSPS) is 24.2. The van der Waals surface area contributed by atoms with E-state index in [9.17, 15) is 17.9 Å². The van der Waals surface area contributed by atoms with E-state index < -0.39 is 26.3 Å². The Morgan fingerprint density at radius 2 is 2.15 bits per heavy atom. The standard InChI is InChI=1S/C13H19FN2O3S/c1-16-7-8(6-15)5-10(16)9-3-4-11(17)13(12(9)14)20(2,18)19/h3-4,8,10,17H,5-7,15H2,1-2H3. The van der Waals surface area contributed by atoms with Gasteiger partial charge in [0.05, 0.1) is 0 Å². The molecule has 1 aromatic carbocycles. The zero-order chi connectivity index (χ0) is 15.1. The Morgan fingerprint density at radius 3 is 2.65 bits per heavy atom. The summed E-state index contributed by atoms with van der Waals surface area (Å²) in [5.74, 6) is -1.15. The topological polar surface area (TPSA) is 83.6 Å². The van der Waals surface area contributed by atoms with Crippen molar-refractivity contribution in [2.24, 2.45) is 11.7 Å². The van der Waals surface area contributed by atoms with E-state index in [0.717, 1.165) is 12.8 Å². The lowest BCUT2D eigenvalue weighted by Crippen LogP contribution is -2.21. The van der Waals surface area contributed by atoms with E-state index in [2.05, 4.69) is 0 Å². The maximum atomic E-state index is 14.5. The molecule has 0 saturated carbocycles. The van der Waals surface area contributed by atoms with E-state index in [4.69, 9.17) is 5.73 Å². The molecular formula is C13H19FN2O3S. The molecule has 1 fully saturated rings. The van der Waals surface area contributed by atoms with Crippen LogP contribution in [0.5, 0.6) is 5.75 Å². The number of benzene rings is 1. The predicted molar refractivity (Wildman–Crippen MR) is 73.7 cm³/mol. The lowest BCUT2D eigenvalue weighted by molar-refractivity contribution is 0.304. The fourth-order valence-corrected chi connectivity index (χ4v) is 3.70. The number of phenolic OH excluding ortho intramolecular Hbond substituents is 1. The number of likely N-dealkylation sites (tertiary alicyclic amines) is 1. The Kier molecular flexibility index (Phi) is 4.04. The molecule has 0 spiro atoms. The fraction of sp³-hybridized carbons (Fsp3) is 0.538. The molecule has 0 aliphatic carbocycles. The van der Waals surface area contributed by atoms with Gasteiger partial charge in [-0.05, 0) is 32.0 Å². The largest absolute Gasteiger partial charge is 0.506 e. The first kappa shape index (κ1) is 15.2. The summed E-state index contributed by atoms with van der Waals surface area (Å²) >= 11 is 0. The number of nitrogens with two attached hydrogens (primary N) is 1. The van der Waals surface area contributed by atoms with Crippen LogP contribution < -0.4 is 5.73 Å². The van der Waals surface area contributed by atoms with Crippen LogP contribution in [0.4, 0.5) is 4.39 Å². The van der Waals surface area contributed by atoms with Gasteiger partial charge < -0.3 is 10.8 Å². The van der Waals surface area contributed by atoms with E-state index in [1.807, 2.05) is 11.9 Å². The number of phenols is 1. The van der Waals surface area contributed by atoms with Gasteiger partial charge in [-0.3, -0.25) is 4.90 Å². The van der Waals surface area contributed by atoms with Crippen molar-refractivity contribution in [3.63, 3.8) is 0 Å². The monoisotopic (exact) mass is 302 g/mol. The van der Waals surface area contributed by atoms with Gasteiger partial charge in [0.25, 0.3) is 0 Å². The number of sulfone groups is 1. The Labute approximate surface area is 118 Å². The first-order valence-electron chi connectivity index (χ1n) is 6.37. The van der Waals surface area contributed by atoms with Crippen molar-refractivity contribution in [2.75, 3.05) is 26.4 Å². The molecule has 0 aromatic heterocycles. The van der Waals surface area contributed by atoms with E-state index in [1.54, 1.807) is 0 Å². The van der Waals surface area contributed by atoms with Gasteiger partial charge in [0.2, 0.25) is 0 Å². The minimum Gasteiger partial charge on any atom is -0.506 e. The molecule has 1 aromatic rings. The first-order chi connectivity index (χ1) is 9.25. The molecule has 1 heterocycles. The van der Waals surface area contributed by atoms with Gasteiger partial charge in [0, 0.05) is 24.4 Å². The van der Waals surface area contributed by atoms with Crippen molar-refractivity contribution in [2.45, 2.75) is 17.4 Å². The molecule has 0 radical (unpaired) electrons. The number of rotatable bonds is 3. The van der Waals surface area contributed by atoms with E-state index in [0.29, 0.717) is 18.5 Å². The van der Waals surface area contributed by atoms with Crippen LogP contribution in [0.25, 0.3) is 0 Å². The van der Waals surface area contributed by atoms with Gasteiger partial charge >= 0.3 is 0 Å². The highest BCUT2D eigenvalue weighted by molar-refractivity contribution is 7.90. The molecule has 20 heavy (non-hydrogen) atoms. The van der Waals surface area contributed by atoms with Crippen molar-refractivity contribution in [3.05, 3.63) is 23.5 Å². The van der Waals surface area contributed by atoms with Crippen LogP contribution in [-0.2, 0) is 9.84 Å². The van der Waals surface area contributed by atoms with Crippen LogP contribution >= 0.6 is 0 Å². The van der Waals surface area contributed by atoms with Crippen LogP contribution in [0.1, 0.15) is 18.0 Å². The lowest BCUT2D eigenvalue weighted by atomic mass is 9.99. The van der Waals surface area contributed by atoms with Crippen LogP contribution in [0, 0.1) is 11.7 Å². The SMILES string of the molecule is CN1CC(CN)CC1c1ccc(O)c(S(C)(=O)=O)c1F. The number of halogens is 1. The molecule has 112 valence electrons. The fourth-order valence-electron chi connectivity index (χ4n) is 2.81. The second-order valence-electron chi connectivity index (χ2n) is 5.38. The number of nitrogens with zero attached hydrogens (tertiary/aromatic N) is 1. The zero-order valence-electron chi connectivity index (χ0n) is 11.5. The van der Waals surface area contributed by atoms with Gasteiger partial charge in [-0.1, -0.05) is 6.07 Å². The molecule has 7 heteroatoms. The molecule has 2 unspecified atom stereocenters. The average molecular weight is 302 g/mol. The van der Waals surface area contributed by atoms with Crippen molar-refractivity contribution in [1.29, 1.82) is 0 Å². The van der Waals surface area contributed by atoms with Crippen molar-refractivity contribution in [3.8, 4) is 5.75 Å². The molecule has 1 aliphatic heterocycles. The molecule has 3 N–H and O–H groups in total. The molecule has 5 nitrogen and oxygen atoms in total. The summed E-state index contributed by atoms with van der Waals surface area (Å²) < 4.78 is 37.7. The Hall–Kier alpha value is -1.18. The van der Waals surface area contributed by atoms with Gasteiger partial charge in [0.1, 0.15) is 16.5 Å². The lowest BCUT2D eigenvalue weighted by Gasteiger charge is -2.21. The third-order valence-corrected chi connectivity index (χ3v) is 4.93. The minimum atomic E-state index is -3.82. The summed E-state index contributed by atoms with van der Waals surface area (Å²) in [7, 11) is -1.97. The smallest absolute Gasteiger partial charge is 0.182 e. The maximum absolute atomic E-state index is 14.5. The molecule has 1 saturated heterocycles. The van der Waals surface area contributed by atoms with Gasteiger partial charge in [-0.25, -0.2) is 12.8 Å². The van der Waals surface area contributed by atoms with Crippen molar-refractivity contribution < 1.29 is 17.9 Å². The number of hydrogen-bond donors (Lipinski definition) is 2. The van der Waals surface area contributed by atoms with E-state index in [1.165, 1.54) is 12.1 Å². The van der Waals surface area contributed by atoms with Crippen LogP contribution in [-0.4, -0.2) is 44.8 Å². The van der Waals surface area contributed by atoms with Gasteiger partial charge in [-0.2, -0.15) is 0 Å². The minimum absolute atomic E-state index is 0.218. The maximum Gasteiger partial charge on any atom is 0.182 e. The van der Waals surface area contributed by atoms with Crippen LogP contribution in [0.2, 0.25) is 0 Å². The molecule has 2 rings (SSSR count). The Balaban J connectivity index is 2.50. The van der Waals surface area contributed by atoms with Crippen molar-refractivity contribution in [1.82, 2.24) is 4.90 Å². The predicted octanol–water partition coefficient (Wildman–Crippen LogP) is 0.886. The second-order valence-corrected chi connectivity index (χ2v) is 7.33. The van der Waals surface area contributed by atoms with E-state index >= 15 is 0 Å². The van der Waals surface area contributed by atoms with E-state index in [-0.39, 0.29) is 12.0 Å². The average Bonchev–Trinajstić information content (AvgIpc) is 2.69. The van der Waals surface area contributed by atoms with Crippen LogP contribution in [0.15, 0.2) is 17.0 Å². The highest BCUT2D eigenvalue weighted by Crippen LogP contribution is 2.38. The van der Waals surface area contributed by atoms with Gasteiger partial charge in [-0.15, -0.1) is 0 Å². The molecule has 1 aliphatic rings. The molecular weight excluding hydrogens is 283 g/mol. The molecule has 2 atom stereocenters. The zero-order valence-corrected chi connectivity index (χ0v) is 12.3. The quantitative estimate of drug-likeness (QED) is 0.866. The second kappa shape index (κ2) is 5.31. The Morgan fingerprint density at radius 1 is 1.50 bits per heavy atom. The Bertz CT molecular complexity index is 618. The highest BCUT2D eigenvalue weighted by Gasteiger charge is 2.33. The molecule has 0 amide bonds. The van der Waals surface area contributed by atoms with Crippen molar-refractivity contribution >= 4 is 9.84 Å². The summed E-state index contributed by atoms with van der Waals surface area (Å²) in [4.78, 5) is 1.33. The summed E-state index contributed by atoms with van der Waals surface area (Å²) in [5, 5.41) is 9.61. The summed E-state index contributed by atoms with van der Waals surface area (Å²) in [5.41, 5.74) is 5.93. The highest BCUT2D eigenvalue weighted by atomic mass is 32.2. The third-order valence-electron chi connectivity index (χ3n) is 3.80.